The van der Waals surface area contributed by atoms with Crippen molar-refractivity contribution in [2.75, 3.05) is 33.5 Å². The van der Waals surface area contributed by atoms with Gasteiger partial charge in [0, 0.05) is 20.3 Å². The first-order valence-electron chi connectivity index (χ1n) is 6.69. The summed E-state index contributed by atoms with van der Waals surface area (Å²) in [5.41, 5.74) is -0.0777. The number of hydrogen-bond donors (Lipinski definition) is 3. The van der Waals surface area contributed by atoms with E-state index < -0.39 is 17.9 Å². The number of nitrogens with one attached hydrogen (secondary N) is 2. The molecule has 7 nitrogen and oxygen atoms in total. The maximum absolute atomic E-state index is 11.8. The van der Waals surface area contributed by atoms with Gasteiger partial charge in [-0.05, 0) is 11.8 Å². The molecule has 1 aliphatic heterocycles. The Balaban J connectivity index is 2.34. The lowest BCUT2D eigenvalue weighted by atomic mass is 9.90. The van der Waals surface area contributed by atoms with Gasteiger partial charge in [0.15, 0.2) is 0 Å². The van der Waals surface area contributed by atoms with E-state index in [1.165, 1.54) is 0 Å². The highest BCUT2D eigenvalue weighted by Gasteiger charge is 2.35. The predicted molar refractivity (Wildman–Crippen MR) is 72.5 cm³/mol. The highest BCUT2D eigenvalue weighted by atomic mass is 16.5. The van der Waals surface area contributed by atoms with E-state index >= 15 is 0 Å². The third-order valence-corrected chi connectivity index (χ3v) is 3.42. The maximum Gasteiger partial charge on any atom is 0.315 e. The van der Waals surface area contributed by atoms with E-state index in [9.17, 15) is 9.59 Å². The van der Waals surface area contributed by atoms with Gasteiger partial charge in [-0.3, -0.25) is 4.79 Å². The van der Waals surface area contributed by atoms with Gasteiger partial charge in [0.25, 0.3) is 0 Å². The van der Waals surface area contributed by atoms with E-state index in [2.05, 4.69) is 10.6 Å². The second kappa shape index (κ2) is 7.44. The SMILES string of the molecule is COCCC(C)(C)CNC(=O)NC1COCC1C(=O)O. The zero-order chi connectivity index (χ0) is 15.2. The first-order chi connectivity index (χ1) is 9.35. The molecule has 7 heteroatoms. The molecular formula is C13H24N2O5. The zero-order valence-corrected chi connectivity index (χ0v) is 12.3. The third kappa shape index (κ3) is 5.34. The van der Waals surface area contributed by atoms with Crippen molar-refractivity contribution in [3.8, 4) is 0 Å². The summed E-state index contributed by atoms with van der Waals surface area (Å²) >= 11 is 0. The Bertz CT molecular complexity index is 346. The number of amides is 2. The van der Waals surface area contributed by atoms with Gasteiger partial charge in [0.05, 0.1) is 19.3 Å². The van der Waals surface area contributed by atoms with Crippen LogP contribution in [0.25, 0.3) is 0 Å². The highest BCUT2D eigenvalue weighted by Crippen LogP contribution is 2.18. The normalized spacial score (nSPS) is 22.6. The summed E-state index contributed by atoms with van der Waals surface area (Å²) < 4.78 is 10.1. The lowest BCUT2D eigenvalue weighted by Crippen LogP contribution is -2.49. The monoisotopic (exact) mass is 288 g/mol. The quantitative estimate of drug-likeness (QED) is 0.632. The highest BCUT2D eigenvalue weighted by molar-refractivity contribution is 5.77. The summed E-state index contributed by atoms with van der Waals surface area (Å²) in [7, 11) is 1.64. The van der Waals surface area contributed by atoms with Crippen LogP contribution in [0.3, 0.4) is 0 Å². The van der Waals surface area contributed by atoms with Crippen molar-refractivity contribution >= 4 is 12.0 Å². The Kier molecular flexibility index (Phi) is 6.22. The third-order valence-electron chi connectivity index (χ3n) is 3.42. The standard InChI is InChI=1S/C13H24N2O5/c1-13(2,4-5-19-3)8-14-12(18)15-10-7-20-6-9(10)11(16)17/h9-10H,4-8H2,1-3H3,(H,16,17)(H2,14,15,18). The molecule has 0 bridgehead atoms. The van der Waals surface area contributed by atoms with Crippen molar-refractivity contribution in [2.24, 2.45) is 11.3 Å². The second-order valence-electron chi connectivity index (χ2n) is 5.82. The van der Waals surface area contributed by atoms with E-state index in [0.717, 1.165) is 6.42 Å². The molecule has 1 fully saturated rings. The van der Waals surface area contributed by atoms with Crippen LogP contribution in [0.15, 0.2) is 0 Å². The Morgan fingerprint density at radius 2 is 2.10 bits per heavy atom. The number of carbonyl (C=O) groups is 2. The van der Waals surface area contributed by atoms with Gasteiger partial charge in [0.2, 0.25) is 0 Å². The molecule has 116 valence electrons. The van der Waals surface area contributed by atoms with E-state index in [1.54, 1.807) is 7.11 Å². The van der Waals surface area contributed by atoms with Crippen molar-refractivity contribution in [2.45, 2.75) is 26.3 Å². The molecule has 1 saturated heterocycles. The number of hydrogen-bond acceptors (Lipinski definition) is 4. The molecule has 0 aromatic carbocycles. The van der Waals surface area contributed by atoms with Crippen LogP contribution in [-0.4, -0.2) is 56.6 Å². The molecule has 2 unspecified atom stereocenters. The van der Waals surface area contributed by atoms with Crippen molar-refractivity contribution < 1.29 is 24.2 Å². The van der Waals surface area contributed by atoms with Crippen molar-refractivity contribution in [3.05, 3.63) is 0 Å². The van der Waals surface area contributed by atoms with Gasteiger partial charge in [-0.1, -0.05) is 13.8 Å². The molecule has 1 aliphatic rings. The average molecular weight is 288 g/mol. The number of carboxylic acid groups (broad SMARTS) is 1. The van der Waals surface area contributed by atoms with E-state index in [-0.39, 0.29) is 24.7 Å². The number of ether oxygens (including phenoxy) is 2. The van der Waals surface area contributed by atoms with Crippen LogP contribution in [0.2, 0.25) is 0 Å². The molecule has 1 rings (SSSR count). The molecule has 3 N–H and O–H groups in total. The topological polar surface area (TPSA) is 96.9 Å². The van der Waals surface area contributed by atoms with Crippen LogP contribution in [0.1, 0.15) is 20.3 Å². The van der Waals surface area contributed by atoms with Crippen molar-refractivity contribution in [1.29, 1.82) is 0 Å². The van der Waals surface area contributed by atoms with E-state index in [4.69, 9.17) is 14.6 Å². The second-order valence-corrected chi connectivity index (χ2v) is 5.82. The summed E-state index contributed by atoms with van der Waals surface area (Å²) in [4.78, 5) is 22.7. The molecule has 20 heavy (non-hydrogen) atoms. The molecule has 0 aliphatic carbocycles. The largest absolute Gasteiger partial charge is 0.481 e. The molecule has 0 aromatic rings. The minimum Gasteiger partial charge on any atom is -0.481 e. The summed E-state index contributed by atoms with van der Waals surface area (Å²) in [5, 5.41) is 14.4. The molecule has 2 amide bonds. The molecule has 2 atom stereocenters. The fourth-order valence-corrected chi connectivity index (χ4v) is 1.95. The lowest BCUT2D eigenvalue weighted by Gasteiger charge is -2.25. The minimum absolute atomic E-state index is 0.0777. The molecule has 0 saturated carbocycles. The van der Waals surface area contributed by atoms with Crippen LogP contribution in [0.5, 0.6) is 0 Å². The molecular weight excluding hydrogens is 264 g/mol. The fraction of sp³-hybridized carbons (Fsp3) is 0.846. The summed E-state index contributed by atoms with van der Waals surface area (Å²) in [6.45, 7) is 5.56. The van der Waals surface area contributed by atoms with Crippen LogP contribution >= 0.6 is 0 Å². The number of aliphatic carboxylic acids is 1. The van der Waals surface area contributed by atoms with Crippen molar-refractivity contribution in [3.63, 3.8) is 0 Å². The molecule has 0 spiro atoms. The van der Waals surface area contributed by atoms with Crippen LogP contribution in [0.4, 0.5) is 4.79 Å². The zero-order valence-electron chi connectivity index (χ0n) is 12.3. The Hall–Kier alpha value is -1.34. The van der Waals surface area contributed by atoms with Crippen molar-refractivity contribution in [1.82, 2.24) is 10.6 Å². The van der Waals surface area contributed by atoms with E-state index in [1.807, 2.05) is 13.8 Å². The number of carboxylic acids is 1. The number of carbonyl (C=O) groups excluding carboxylic acids is 1. The van der Waals surface area contributed by atoms with Gasteiger partial charge in [-0.25, -0.2) is 4.79 Å². The summed E-state index contributed by atoms with van der Waals surface area (Å²) in [6.07, 6.45) is 0.827. The smallest absolute Gasteiger partial charge is 0.315 e. The lowest BCUT2D eigenvalue weighted by molar-refractivity contribution is -0.142. The van der Waals surface area contributed by atoms with Gasteiger partial charge in [-0.15, -0.1) is 0 Å². The minimum atomic E-state index is -0.951. The Morgan fingerprint density at radius 3 is 2.70 bits per heavy atom. The first kappa shape index (κ1) is 16.7. The van der Waals surface area contributed by atoms with Gasteiger partial charge in [0.1, 0.15) is 5.92 Å². The molecule has 1 heterocycles. The average Bonchev–Trinajstić information content (AvgIpc) is 2.82. The number of urea groups is 1. The van der Waals surface area contributed by atoms with Gasteiger partial charge in [-0.2, -0.15) is 0 Å². The Labute approximate surface area is 119 Å². The predicted octanol–water partition coefficient (Wildman–Crippen LogP) is 0.448. The molecule has 0 radical (unpaired) electrons. The van der Waals surface area contributed by atoms with Crippen LogP contribution < -0.4 is 10.6 Å². The summed E-state index contributed by atoms with van der Waals surface area (Å²) in [6, 6.07) is -0.841. The first-order valence-corrected chi connectivity index (χ1v) is 6.69. The number of rotatable bonds is 7. The van der Waals surface area contributed by atoms with E-state index in [0.29, 0.717) is 13.2 Å². The van der Waals surface area contributed by atoms with Gasteiger partial charge < -0.3 is 25.2 Å². The molecule has 0 aromatic heterocycles. The Morgan fingerprint density at radius 1 is 1.40 bits per heavy atom. The fourth-order valence-electron chi connectivity index (χ4n) is 1.95. The van der Waals surface area contributed by atoms with Crippen LogP contribution in [0, 0.1) is 11.3 Å². The van der Waals surface area contributed by atoms with Crippen LogP contribution in [-0.2, 0) is 14.3 Å². The summed E-state index contributed by atoms with van der Waals surface area (Å²) in [5.74, 6) is -1.63. The number of methoxy groups -OCH3 is 1. The maximum atomic E-state index is 11.8. The van der Waals surface area contributed by atoms with Gasteiger partial charge >= 0.3 is 12.0 Å².